The third-order valence-corrected chi connectivity index (χ3v) is 3.66. The number of nitrogens with zero attached hydrogens (tertiary/aromatic N) is 1. The fraction of sp³-hybridized carbons (Fsp3) is 0.789. The number of unbranched alkanes of at least 4 members (excludes halogenated alkanes) is 3. The van der Waals surface area contributed by atoms with Crippen LogP contribution in [0.5, 0.6) is 0 Å². The van der Waals surface area contributed by atoms with Crippen molar-refractivity contribution in [3.8, 4) is 0 Å². The van der Waals surface area contributed by atoms with Gasteiger partial charge in [0, 0.05) is 0 Å². The molecule has 146 valence electrons. The highest BCUT2D eigenvalue weighted by Crippen LogP contribution is 2.10. The number of quaternary nitrogens is 1. The van der Waals surface area contributed by atoms with Crippen LogP contribution in [0, 0.1) is 0 Å². The molecule has 0 aliphatic carbocycles. The lowest BCUT2D eigenvalue weighted by Gasteiger charge is -2.28. The van der Waals surface area contributed by atoms with Gasteiger partial charge < -0.3 is 19.4 Å². The van der Waals surface area contributed by atoms with Crippen LogP contribution in [0.3, 0.4) is 0 Å². The smallest absolute Gasteiger partial charge is 0.308 e. The Morgan fingerprint density at radius 1 is 1.08 bits per heavy atom. The maximum Gasteiger partial charge on any atom is 0.308 e. The maximum atomic E-state index is 11.9. The first-order chi connectivity index (χ1) is 11.6. The minimum atomic E-state index is -1.000. The summed E-state index contributed by atoms with van der Waals surface area (Å²) in [6.07, 6.45) is 8.25. The van der Waals surface area contributed by atoms with E-state index in [0.717, 1.165) is 12.8 Å². The maximum absolute atomic E-state index is 11.9. The Balaban J connectivity index is 4.16. The molecule has 0 aliphatic rings. The molecule has 0 amide bonds. The molecular weight excluding hydrogens is 322 g/mol. The molecule has 2 atom stereocenters. The number of carboxylic acids is 1. The second-order valence-electron chi connectivity index (χ2n) is 7.59. The minimum Gasteiger partial charge on any atom is -0.481 e. The van der Waals surface area contributed by atoms with E-state index in [-0.39, 0.29) is 12.8 Å². The molecule has 0 radical (unpaired) electrons. The molecule has 2 N–H and O–H groups in total. The Morgan fingerprint density at radius 2 is 1.72 bits per heavy atom. The van der Waals surface area contributed by atoms with Crippen LogP contribution in [0.25, 0.3) is 0 Å². The Bertz CT molecular complexity index is 415. The molecule has 0 aromatic rings. The van der Waals surface area contributed by atoms with Gasteiger partial charge >= 0.3 is 11.9 Å². The van der Waals surface area contributed by atoms with E-state index in [1.807, 2.05) is 27.2 Å². The van der Waals surface area contributed by atoms with Crippen molar-refractivity contribution >= 4 is 11.9 Å². The van der Waals surface area contributed by atoms with Gasteiger partial charge in [0.1, 0.15) is 6.54 Å². The van der Waals surface area contributed by atoms with Crippen molar-refractivity contribution in [3.05, 3.63) is 12.2 Å². The highest BCUT2D eigenvalue weighted by molar-refractivity contribution is 5.71. The van der Waals surface area contributed by atoms with Gasteiger partial charge in [-0.2, -0.15) is 0 Å². The summed E-state index contributed by atoms with van der Waals surface area (Å²) in [5.74, 6) is -1.54. The fourth-order valence-corrected chi connectivity index (χ4v) is 2.51. The molecule has 0 spiro atoms. The lowest BCUT2D eigenvalue weighted by Crippen LogP contribution is -2.44. The molecule has 0 aromatic heterocycles. The molecule has 0 heterocycles. The molecule has 0 rings (SSSR count). The average molecular weight is 358 g/mol. The number of hydrogen-bond acceptors (Lipinski definition) is 4. The lowest BCUT2D eigenvalue weighted by molar-refractivity contribution is -0.873. The molecule has 0 aromatic carbocycles. The van der Waals surface area contributed by atoms with E-state index >= 15 is 0 Å². The Morgan fingerprint density at radius 3 is 2.28 bits per heavy atom. The molecule has 0 fully saturated rings. The number of carbonyl (C=O) groups excluding carboxylic acids is 1. The zero-order valence-electron chi connectivity index (χ0n) is 16.2. The molecule has 6 heteroatoms. The summed E-state index contributed by atoms with van der Waals surface area (Å²) >= 11 is 0. The summed E-state index contributed by atoms with van der Waals surface area (Å²) in [6.45, 7) is 2.58. The van der Waals surface area contributed by atoms with Crippen molar-refractivity contribution in [2.45, 2.75) is 70.5 Å². The molecule has 0 aliphatic heterocycles. The quantitative estimate of drug-likeness (QED) is 0.216. The third-order valence-electron chi connectivity index (χ3n) is 3.66. The van der Waals surface area contributed by atoms with Gasteiger partial charge in [0.15, 0.2) is 6.10 Å². The van der Waals surface area contributed by atoms with Crippen molar-refractivity contribution in [3.63, 3.8) is 0 Å². The van der Waals surface area contributed by atoms with E-state index in [1.54, 1.807) is 0 Å². The van der Waals surface area contributed by atoms with Crippen molar-refractivity contribution in [1.82, 2.24) is 0 Å². The predicted molar refractivity (Wildman–Crippen MR) is 98.2 cm³/mol. The number of carboxylic acid groups (broad SMARTS) is 1. The van der Waals surface area contributed by atoms with Crippen LogP contribution in [-0.2, 0) is 14.3 Å². The number of aliphatic hydroxyl groups is 1. The number of carbonyl (C=O) groups is 2. The van der Waals surface area contributed by atoms with Gasteiger partial charge in [-0.3, -0.25) is 9.59 Å². The van der Waals surface area contributed by atoms with E-state index in [2.05, 4.69) is 13.0 Å². The third kappa shape index (κ3) is 15.8. The van der Waals surface area contributed by atoms with E-state index in [9.17, 15) is 14.7 Å². The number of aliphatic carboxylic acids is 1. The van der Waals surface area contributed by atoms with E-state index in [0.29, 0.717) is 17.4 Å². The highest BCUT2D eigenvalue weighted by Gasteiger charge is 2.25. The van der Waals surface area contributed by atoms with Gasteiger partial charge in [0.25, 0.3) is 0 Å². The summed E-state index contributed by atoms with van der Waals surface area (Å²) in [4.78, 5) is 22.9. The van der Waals surface area contributed by atoms with Crippen LogP contribution in [0.1, 0.15) is 58.3 Å². The Labute approximate surface area is 152 Å². The van der Waals surface area contributed by atoms with Crippen LogP contribution in [0.2, 0.25) is 0 Å². The summed E-state index contributed by atoms with van der Waals surface area (Å²) in [5.41, 5.74) is 0. The summed E-state index contributed by atoms with van der Waals surface area (Å²) in [6, 6.07) is 0. The highest BCUT2D eigenvalue weighted by atomic mass is 16.5. The van der Waals surface area contributed by atoms with Crippen LogP contribution in [-0.4, -0.2) is 66.5 Å². The Hall–Kier alpha value is -1.40. The van der Waals surface area contributed by atoms with Crippen molar-refractivity contribution < 1.29 is 29.0 Å². The van der Waals surface area contributed by atoms with Gasteiger partial charge in [-0.15, -0.1) is 0 Å². The number of allylic oxidation sites excluding steroid dienone is 2. The minimum absolute atomic E-state index is 0.100. The van der Waals surface area contributed by atoms with Crippen LogP contribution in [0.4, 0.5) is 0 Å². The van der Waals surface area contributed by atoms with Gasteiger partial charge in [-0.25, -0.2) is 0 Å². The second kappa shape index (κ2) is 12.9. The zero-order chi connectivity index (χ0) is 19.3. The topological polar surface area (TPSA) is 83.8 Å². The van der Waals surface area contributed by atoms with Crippen LogP contribution in [0.15, 0.2) is 12.2 Å². The van der Waals surface area contributed by atoms with Crippen molar-refractivity contribution in [2.75, 3.05) is 27.7 Å². The number of rotatable bonds is 14. The number of aliphatic hydroxyl groups excluding tert-OH is 1. The largest absolute Gasteiger partial charge is 0.481 e. The van der Waals surface area contributed by atoms with Crippen LogP contribution < -0.4 is 0 Å². The van der Waals surface area contributed by atoms with Gasteiger partial charge in [0.2, 0.25) is 0 Å². The number of likely N-dealkylation sites (N-methyl/N-ethyl adjacent to an activating group) is 1. The first-order valence-corrected chi connectivity index (χ1v) is 9.18. The molecule has 0 bridgehead atoms. The molecular formula is C19H36NO5+. The average Bonchev–Trinajstić information content (AvgIpc) is 2.43. The SMILES string of the molecule is CCCCC/C=C/CCC(O)CC(=O)OC(CC(=O)O)C[N+](C)(C)C. The van der Waals surface area contributed by atoms with Crippen LogP contribution >= 0.6 is 0 Å². The van der Waals surface area contributed by atoms with Gasteiger partial charge in [-0.05, 0) is 25.7 Å². The van der Waals surface area contributed by atoms with Crippen molar-refractivity contribution in [1.29, 1.82) is 0 Å². The monoisotopic (exact) mass is 358 g/mol. The first-order valence-electron chi connectivity index (χ1n) is 9.18. The van der Waals surface area contributed by atoms with E-state index < -0.39 is 24.1 Å². The molecule has 2 unspecified atom stereocenters. The number of esters is 1. The van der Waals surface area contributed by atoms with E-state index in [4.69, 9.17) is 9.84 Å². The molecule has 6 nitrogen and oxygen atoms in total. The molecule has 0 saturated heterocycles. The standard InChI is InChI=1S/C19H35NO5/c1-5-6-7-8-9-10-11-12-16(21)13-19(24)25-17(14-18(22)23)15-20(2,3)4/h9-10,16-17,21H,5-8,11-15H2,1-4H3/p+1/b10-9+. The summed E-state index contributed by atoms with van der Waals surface area (Å²) in [5, 5.41) is 18.9. The summed E-state index contributed by atoms with van der Waals surface area (Å²) < 4.78 is 5.76. The fourth-order valence-electron chi connectivity index (χ4n) is 2.51. The molecule has 0 saturated carbocycles. The predicted octanol–water partition coefficient (Wildman–Crippen LogP) is 2.75. The Kier molecular flexibility index (Phi) is 12.2. The van der Waals surface area contributed by atoms with Crippen molar-refractivity contribution in [2.24, 2.45) is 0 Å². The zero-order valence-corrected chi connectivity index (χ0v) is 16.2. The molecule has 25 heavy (non-hydrogen) atoms. The first kappa shape index (κ1) is 23.6. The van der Waals surface area contributed by atoms with Gasteiger partial charge in [-0.1, -0.05) is 31.9 Å². The van der Waals surface area contributed by atoms with Gasteiger partial charge in [0.05, 0.1) is 40.1 Å². The number of hydrogen-bond donors (Lipinski definition) is 2. The van der Waals surface area contributed by atoms with E-state index in [1.165, 1.54) is 19.3 Å². The summed E-state index contributed by atoms with van der Waals surface area (Å²) in [7, 11) is 5.72. The number of ether oxygens (including phenoxy) is 1. The second-order valence-corrected chi connectivity index (χ2v) is 7.59. The normalized spacial score (nSPS) is 14.4. The lowest BCUT2D eigenvalue weighted by atomic mass is 10.1.